The first-order valence-corrected chi connectivity index (χ1v) is 9.28. The van der Waals surface area contributed by atoms with E-state index in [-0.39, 0.29) is 21.2 Å². The van der Waals surface area contributed by atoms with Gasteiger partial charge in [0.2, 0.25) is 0 Å². The third kappa shape index (κ3) is 3.33. The molecule has 2 atom stereocenters. The summed E-state index contributed by atoms with van der Waals surface area (Å²) in [4.78, 5) is 10.6. The van der Waals surface area contributed by atoms with Gasteiger partial charge in [-0.05, 0) is 32.9 Å². The van der Waals surface area contributed by atoms with Crippen LogP contribution in [0.25, 0.3) is 0 Å². The van der Waals surface area contributed by atoms with Gasteiger partial charge in [0.05, 0.1) is 15.6 Å². The Hall–Kier alpha value is -0.880. The summed E-state index contributed by atoms with van der Waals surface area (Å²) in [6.07, 6.45) is 0. The standard InChI is InChI=1S/C15H14Cl3NO3S/c1-8-4-6-10(7-5-8)23(21,22)19-12-11(16)9(2)14(20)15(3,18)13(12)17/h4-7,13H,1-3H3. The molecule has 0 N–H and O–H groups in total. The first-order valence-electron chi connectivity index (χ1n) is 6.64. The number of nitrogens with zero attached hydrogens (tertiary/aromatic N) is 1. The van der Waals surface area contributed by atoms with Crippen molar-refractivity contribution in [2.75, 3.05) is 0 Å². The van der Waals surface area contributed by atoms with E-state index in [0.29, 0.717) is 0 Å². The predicted octanol–water partition coefficient (Wildman–Crippen LogP) is 3.83. The van der Waals surface area contributed by atoms with Crippen LogP contribution in [-0.4, -0.2) is 30.2 Å². The molecule has 1 aliphatic rings. The van der Waals surface area contributed by atoms with Crippen molar-refractivity contribution in [2.24, 2.45) is 4.40 Å². The highest BCUT2D eigenvalue weighted by atomic mass is 35.5. The molecule has 0 bridgehead atoms. The first-order chi connectivity index (χ1) is 10.5. The molecule has 4 nitrogen and oxygen atoms in total. The largest absolute Gasteiger partial charge is 0.292 e. The zero-order valence-corrected chi connectivity index (χ0v) is 15.7. The molecule has 0 aromatic heterocycles. The molecular formula is C15H14Cl3NO3S. The van der Waals surface area contributed by atoms with Crippen molar-refractivity contribution in [3.05, 3.63) is 40.4 Å². The Balaban J connectivity index is 2.61. The van der Waals surface area contributed by atoms with E-state index in [2.05, 4.69) is 4.40 Å². The molecule has 0 heterocycles. The molecule has 2 unspecified atom stereocenters. The molecule has 23 heavy (non-hydrogen) atoms. The third-order valence-corrected chi connectivity index (χ3v) is 6.52. The summed E-state index contributed by atoms with van der Waals surface area (Å²) in [5.41, 5.74) is 0.930. The quantitative estimate of drug-likeness (QED) is 0.716. The zero-order chi connectivity index (χ0) is 17.6. The van der Waals surface area contributed by atoms with Crippen molar-refractivity contribution < 1.29 is 13.2 Å². The minimum Gasteiger partial charge on any atom is -0.292 e. The smallest absolute Gasteiger partial charge is 0.282 e. The molecule has 1 aromatic rings. The monoisotopic (exact) mass is 393 g/mol. The van der Waals surface area contributed by atoms with Crippen molar-refractivity contribution >= 4 is 56.3 Å². The van der Waals surface area contributed by atoms with Gasteiger partial charge in [0.15, 0.2) is 5.78 Å². The summed E-state index contributed by atoms with van der Waals surface area (Å²) >= 11 is 18.4. The maximum atomic E-state index is 12.4. The van der Waals surface area contributed by atoms with Crippen LogP contribution in [0.4, 0.5) is 0 Å². The van der Waals surface area contributed by atoms with Crippen LogP contribution in [-0.2, 0) is 14.8 Å². The molecular weight excluding hydrogens is 381 g/mol. The lowest BCUT2D eigenvalue weighted by Gasteiger charge is -2.32. The lowest BCUT2D eigenvalue weighted by molar-refractivity contribution is -0.117. The molecule has 1 aromatic carbocycles. The zero-order valence-electron chi connectivity index (χ0n) is 12.6. The number of carbonyl (C=O) groups excluding carboxylic acids is 1. The summed E-state index contributed by atoms with van der Waals surface area (Å²) in [6.45, 7) is 4.71. The van der Waals surface area contributed by atoms with Crippen LogP contribution in [0.2, 0.25) is 0 Å². The fourth-order valence-electron chi connectivity index (χ4n) is 2.12. The van der Waals surface area contributed by atoms with E-state index in [1.165, 1.54) is 26.0 Å². The lowest BCUT2D eigenvalue weighted by Crippen LogP contribution is -2.48. The molecule has 0 spiro atoms. The van der Waals surface area contributed by atoms with Crippen LogP contribution in [0.3, 0.4) is 0 Å². The van der Waals surface area contributed by atoms with Gasteiger partial charge < -0.3 is 0 Å². The van der Waals surface area contributed by atoms with Crippen LogP contribution >= 0.6 is 34.8 Å². The summed E-state index contributed by atoms with van der Waals surface area (Å²) in [7, 11) is -4.02. The second-order valence-electron chi connectivity index (χ2n) is 5.47. The fraction of sp³-hybridized carbons (Fsp3) is 0.333. The predicted molar refractivity (Wildman–Crippen MR) is 93.3 cm³/mol. The minimum absolute atomic E-state index is 0.00904. The Morgan fingerprint density at radius 2 is 1.70 bits per heavy atom. The van der Waals surface area contributed by atoms with Gasteiger partial charge in [-0.25, -0.2) is 0 Å². The molecule has 0 amide bonds. The van der Waals surface area contributed by atoms with E-state index in [4.69, 9.17) is 34.8 Å². The van der Waals surface area contributed by atoms with Crippen molar-refractivity contribution in [3.8, 4) is 0 Å². The molecule has 2 rings (SSSR count). The maximum Gasteiger partial charge on any atom is 0.282 e. The Kier molecular flexibility index (Phi) is 4.98. The molecule has 0 saturated heterocycles. The van der Waals surface area contributed by atoms with Gasteiger partial charge in [-0.2, -0.15) is 12.8 Å². The fourth-order valence-corrected chi connectivity index (χ4v) is 4.06. The summed E-state index contributed by atoms with van der Waals surface area (Å²) in [5, 5.41) is -1.24. The number of sulfonamides is 1. The van der Waals surface area contributed by atoms with Crippen LogP contribution < -0.4 is 0 Å². The minimum atomic E-state index is -4.02. The summed E-state index contributed by atoms with van der Waals surface area (Å²) in [6, 6.07) is 6.20. The molecule has 124 valence electrons. The van der Waals surface area contributed by atoms with Gasteiger partial charge in [0.1, 0.15) is 10.3 Å². The van der Waals surface area contributed by atoms with Crippen LogP contribution in [0, 0.1) is 6.92 Å². The van der Waals surface area contributed by atoms with E-state index in [9.17, 15) is 13.2 Å². The summed E-state index contributed by atoms with van der Waals surface area (Å²) < 4.78 is 28.6. The Bertz CT molecular complexity index is 824. The second kappa shape index (κ2) is 6.20. The Morgan fingerprint density at radius 3 is 2.22 bits per heavy atom. The molecule has 0 radical (unpaired) electrons. The summed E-state index contributed by atoms with van der Waals surface area (Å²) in [5.74, 6) is -0.448. The number of hydrogen-bond acceptors (Lipinski definition) is 3. The SMILES string of the molecule is CC1=C(Cl)C(=NS(=O)(=O)c2ccc(C)cc2)C(Cl)C(C)(Cl)C1=O. The number of benzene rings is 1. The number of allylic oxidation sites excluding steroid dienone is 2. The van der Waals surface area contributed by atoms with Crippen LogP contribution in [0.5, 0.6) is 0 Å². The van der Waals surface area contributed by atoms with Gasteiger partial charge in [-0.3, -0.25) is 4.79 Å². The maximum absolute atomic E-state index is 12.4. The molecule has 0 aliphatic heterocycles. The van der Waals surface area contributed by atoms with Crippen LogP contribution in [0.15, 0.2) is 44.2 Å². The van der Waals surface area contributed by atoms with Gasteiger partial charge in [0.25, 0.3) is 10.0 Å². The van der Waals surface area contributed by atoms with Gasteiger partial charge in [-0.15, -0.1) is 23.2 Å². The Morgan fingerprint density at radius 1 is 1.17 bits per heavy atom. The van der Waals surface area contributed by atoms with E-state index < -0.39 is 26.1 Å². The number of Topliss-reactive ketones (excluding diaryl/α,β-unsaturated/α-hetero) is 1. The number of rotatable bonds is 2. The normalized spacial score (nSPS) is 27.7. The molecule has 0 fully saturated rings. The van der Waals surface area contributed by atoms with Gasteiger partial charge >= 0.3 is 0 Å². The highest BCUT2D eigenvalue weighted by Crippen LogP contribution is 2.38. The lowest BCUT2D eigenvalue weighted by atomic mass is 9.87. The first kappa shape index (κ1) is 18.5. The van der Waals surface area contributed by atoms with E-state index in [1.54, 1.807) is 12.1 Å². The van der Waals surface area contributed by atoms with Crippen molar-refractivity contribution in [1.82, 2.24) is 0 Å². The third-order valence-electron chi connectivity index (χ3n) is 3.59. The second-order valence-corrected chi connectivity index (χ2v) is 8.67. The average Bonchev–Trinajstić information content (AvgIpc) is 2.49. The number of alkyl halides is 2. The van der Waals surface area contributed by atoms with Gasteiger partial charge in [-0.1, -0.05) is 29.3 Å². The van der Waals surface area contributed by atoms with Crippen LogP contribution in [0.1, 0.15) is 19.4 Å². The number of ketones is 1. The van der Waals surface area contributed by atoms with Gasteiger partial charge in [0, 0.05) is 5.57 Å². The van der Waals surface area contributed by atoms with E-state index in [1.807, 2.05) is 6.92 Å². The number of aryl methyl sites for hydroxylation is 1. The topological polar surface area (TPSA) is 63.6 Å². The Labute approximate surface area is 150 Å². The average molecular weight is 395 g/mol. The number of halogens is 3. The van der Waals surface area contributed by atoms with Crippen molar-refractivity contribution in [2.45, 2.75) is 35.9 Å². The van der Waals surface area contributed by atoms with Crippen molar-refractivity contribution in [1.29, 1.82) is 0 Å². The van der Waals surface area contributed by atoms with E-state index >= 15 is 0 Å². The highest BCUT2D eigenvalue weighted by Gasteiger charge is 2.48. The number of carbonyl (C=O) groups is 1. The van der Waals surface area contributed by atoms with E-state index in [0.717, 1.165) is 5.56 Å². The number of hydrogen-bond donors (Lipinski definition) is 0. The molecule has 1 aliphatic carbocycles. The van der Waals surface area contributed by atoms with Crippen molar-refractivity contribution in [3.63, 3.8) is 0 Å². The molecule has 0 saturated carbocycles. The highest BCUT2D eigenvalue weighted by molar-refractivity contribution is 7.90. The molecule has 8 heteroatoms.